The molecule has 2 aromatic heterocycles. The van der Waals surface area contributed by atoms with Crippen LogP contribution in [-0.4, -0.2) is 21.2 Å². The molecule has 4 rings (SSSR count). The van der Waals surface area contributed by atoms with Crippen molar-refractivity contribution in [3.63, 3.8) is 0 Å². The number of fused-ring (bicyclic) bond motifs is 1. The quantitative estimate of drug-likeness (QED) is 0.290. The number of aromatic nitrogens is 2. The summed E-state index contributed by atoms with van der Waals surface area (Å²) in [7, 11) is 0. The van der Waals surface area contributed by atoms with E-state index in [0.29, 0.717) is 33.5 Å². The number of benzene rings is 2. The highest BCUT2D eigenvalue weighted by molar-refractivity contribution is 7.99. The number of nitrogens with one attached hydrogen (secondary N) is 1. The number of carbonyl (C=O) groups is 1. The van der Waals surface area contributed by atoms with Gasteiger partial charge in [0.1, 0.15) is 4.70 Å². The lowest BCUT2D eigenvalue weighted by Crippen LogP contribution is -2.26. The summed E-state index contributed by atoms with van der Waals surface area (Å²) in [6.45, 7) is 4.95. The number of carbonyl (C=O) groups excluding carboxylic acids is 1. The lowest BCUT2D eigenvalue weighted by atomic mass is 10.1. The summed E-state index contributed by atoms with van der Waals surface area (Å²) in [6, 6.07) is 15.4. The molecule has 8 heteroatoms. The Morgan fingerprint density at radius 3 is 2.59 bits per heavy atom. The fourth-order valence-electron chi connectivity index (χ4n) is 3.24. The van der Waals surface area contributed by atoms with Crippen molar-refractivity contribution in [3.8, 4) is 0 Å². The standard InChI is InChI=1S/C24H22ClN3O2S2/c1-15-3-4-18(11-16(15)2)13-28-23(30)22-20(9-10-31-22)27-24(28)32-14-21(29)26-12-17-5-7-19(25)8-6-17/h3-11H,12-14H2,1-2H3,(H,26,29). The van der Waals surface area contributed by atoms with Gasteiger partial charge in [-0.2, -0.15) is 0 Å². The van der Waals surface area contributed by atoms with Crippen molar-refractivity contribution in [1.82, 2.24) is 14.9 Å². The van der Waals surface area contributed by atoms with Gasteiger partial charge in [-0.3, -0.25) is 14.2 Å². The van der Waals surface area contributed by atoms with Crippen molar-refractivity contribution in [2.45, 2.75) is 32.1 Å². The van der Waals surface area contributed by atoms with Gasteiger partial charge in [-0.1, -0.05) is 53.7 Å². The summed E-state index contributed by atoms with van der Waals surface area (Å²) >= 11 is 8.57. The Morgan fingerprint density at radius 2 is 1.84 bits per heavy atom. The van der Waals surface area contributed by atoms with Crippen LogP contribution in [0.15, 0.2) is 63.9 Å². The van der Waals surface area contributed by atoms with E-state index >= 15 is 0 Å². The van der Waals surface area contributed by atoms with Gasteiger partial charge in [0.2, 0.25) is 5.91 Å². The molecule has 0 fully saturated rings. The Labute approximate surface area is 199 Å². The number of nitrogens with zero attached hydrogens (tertiary/aromatic N) is 2. The Hall–Kier alpha value is -2.61. The second-order valence-electron chi connectivity index (χ2n) is 7.53. The van der Waals surface area contributed by atoms with Crippen LogP contribution < -0.4 is 10.9 Å². The third-order valence-electron chi connectivity index (χ3n) is 5.18. The minimum atomic E-state index is -0.123. The number of hydrogen-bond acceptors (Lipinski definition) is 5. The second kappa shape index (κ2) is 9.90. The van der Waals surface area contributed by atoms with Crippen LogP contribution in [-0.2, 0) is 17.9 Å². The number of thioether (sulfide) groups is 1. The van der Waals surface area contributed by atoms with Crippen LogP contribution in [0.3, 0.4) is 0 Å². The number of amides is 1. The van der Waals surface area contributed by atoms with Gasteiger partial charge in [-0.25, -0.2) is 4.98 Å². The summed E-state index contributed by atoms with van der Waals surface area (Å²) in [5, 5.41) is 5.97. The lowest BCUT2D eigenvalue weighted by molar-refractivity contribution is -0.118. The molecular formula is C24H22ClN3O2S2. The predicted octanol–water partition coefficient (Wildman–Crippen LogP) is 5.19. The maximum absolute atomic E-state index is 13.2. The zero-order valence-corrected chi connectivity index (χ0v) is 20.1. The molecule has 0 aliphatic carbocycles. The molecular weight excluding hydrogens is 462 g/mol. The average molecular weight is 484 g/mol. The van der Waals surface area contributed by atoms with Crippen LogP contribution in [0, 0.1) is 13.8 Å². The Bertz CT molecular complexity index is 1330. The van der Waals surface area contributed by atoms with E-state index in [2.05, 4.69) is 36.3 Å². The number of rotatable bonds is 7. The van der Waals surface area contributed by atoms with Crippen LogP contribution in [0.2, 0.25) is 5.02 Å². The molecule has 0 saturated carbocycles. The molecule has 0 atom stereocenters. The Balaban J connectivity index is 1.52. The van der Waals surface area contributed by atoms with Crippen LogP contribution >= 0.6 is 34.7 Å². The first-order valence-corrected chi connectivity index (χ1v) is 12.3. The Kier molecular flexibility index (Phi) is 6.98. The molecule has 0 unspecified atom stereocenters. The number of hydrogen-bond donors (Lipinski definition) is 1. The molecule has 0 radical (unpaired) electrons. The lowest BCUT2D eigenvalue weighted by Gasteiger charge is -2.13. The second-order valence-corrected chi connectivity index (χ2v) is 9.83. The van der Waals surface area contributed by atoms with Crippen LogP contribution in [0.5, 0.6) is 0 Å². The first kappa shape index (κ1) is 22.6. The van der Waals surface area contributed by atoms with Gasteiger partial charge in [0.05, 0.1) is 17.8 Å². The van der Waals surface area contributed by atoms with Crippen molar-refractivity contribution in [2.75, 3.05) is 5.75 Å². The molecule has 164 valence electrons. The highest BCUT2D eigenvalue weighted by Gasteiger charge is 2.15. The zero-order chi connectivity index (χ0) is 22.7. The number of thiophene rings is 1. The van der Waals surface area contributed by atoms with Crippen LogP contribution in [0.4, 0.5) is 0 Å². The highest BCUT2D eigenvalue weighted by atomic mass is 35.5. The van der Waals surface area contributed by atoms with Crippen LogP contribution in [0.1, 0.15) is 22.3 Å². The predicted molar refractivity (Wildman–Crippen MR) is 133 cm³/mol. The third kappa shape index (κ3) is 5.23. The van der Waals surface area contributed by atoms with Crippen molar-refractivity contribution >= 4 is 50.8 Å². The van der Waals surface area contributed by atoms with E-state index in [-0.39, 0.29) is 17.2 Å². The molecule has 0 aliphatic rings. The van der Waals surface area contributed by atoms with E-state index in [1.54, 1.807) is 16.7 Å². The first-order valence-electron chi connectivity index (χ1n) is 10.1. The molecule has 4 aromatic rings. The monoisotopic (exact) mass is 483 g/mol. The van der Waals surface area contributed by atoms with Gasteiger partial charge in [-0.05, 0) is 59.7 Å². The van der Waals surface area contributed by atoms with Crippen molar-refractivity contribution in [3.05, 3.63) is 91.5 Å². The maximum atomic E-state index is 13.2. The van der Waals surface area contributed by atoms with Gasteiger partial charge < -0.3 is 5.32 Å². The number of aryl methyl sites for hydroxylation is 2. The third-order valence-corrected chi connectivity index (χ3v) is 7.30. The van der Waals surface area contributed by atoms with Crippen molar-refractivity contribution < 1.29 is 4.79 Å². The van der Waals surface area contributed by atoms with Gasteiger partial charge in [0.25, 0.3) is 5.56 Å². The fraction of sp³-hybridized carbons (Fsp3) is 0.208. The average Bonchev–Trinajstić information content (AvgIpc) is 3.25. The van der Waals surface area contributed by atoms with Gasteiger partial charge in [0, 0.05) is 11.6 Å². The van der Waals surface area contributed by atoms with E-state index in [1.165, 1.54) is 34.2 Å². The summed E-state index contributed by atoms with van der Waals surface area (Å²) < 4.78 is 2.30. The summed E-state index contributed by atoms with van der Waals surface area (Å²) in [4.78, 5) is 30.3. The molecule has 0 aliphatic heterocycles. The zero-order valence-electron chi connectivity index (χ0n) is 17.7. The van der Waals surface area contributed by atoms with E-state index in [1.807, 2.05) is 29.6 Å². The molecule has 0 saturated heterocycles. The normalized spacial score (nSPS) is 11.1. The molecule has 1 amide bonds. The molecule has 0 spiro atoms. The maximum Gasteiger partial charge on any atom is 0.272 e. The van der Waals surface area contributed by atoms with E-state index < -0.39 is 0 Å². The van der Waals surface area contributed by atoms with Crippen molar-refractivity contribution in [1.29, 1.82) is 0 Å². The molecule has 5 nitrogen and oxygen atoms in total. The summed E-state index contributed by atoms with van der Waals surface area (Å²) in [5.74, 6) is 0.0464. The highest BCUT2D eigenvalue weighted by Crippen LogP contribution is 2.22. The Morgan fingerprint density at radius 1 is 1.09 bits per heavy atom. The SMILES string of the molecule is Cc1ccc(Cn2c(SCC(=O)NCc3ccc(Cl)cc3)nc3ccsc3c2=O)cc1C. The molecule has 1 N–H and O–H groups in total. The fourth-order valence-corrected chi connectivity index (χ4v) is 4.97. The minimum absolute atomic E-state index is 0.0766. The molecule has 32 heavy (non-hydrogen) atoms. The minimum Gasteiger partial charge on any atom is -0.351 e. The van der Waals surface area contributed by atoms with Crippen molar-refractivity contribution in [2.24, 2.45) is 0 Å². The van der Waals surface area contributed by atoms with Gasteiger partial charge in [-0.15, -0.1) is 11.3 Å². The topological polar surface area (TPSA) is 64.0 Å². The largest absolute Gasteiger partial charge is 0.351 e. The summed E-state index contributed by atoms with van der Waals surface area (Å²) in [6.07, 6.45) is 0. The van der Waals surface area contributed by atoms with E-state index in [9.17, 15) is 9.59 Å². The molecule has 2 heterocycles. The van der Waals surface area contributed by atoms with Gasteiger partial charge >= 0.3 is 0 Å². The smallest absolute Gasteiger partial charge is 0.272 e. The number of halogens is 1. The van der Waals surface area contributed by atoms with Gasteiger partial charge in [0.15, 0.2) is 5.16 Å². The van der Waals surface area contributed by atoms with Crippen LogP contribution in [0.25, 0.3) is 10.2 Å². The molecule has 2 aromatic carbocycles. The summed E-state index contributed by atoms with van der Waals surface area (Å²) in [5.41, 5.74) is 4.98. The van der Waals surface area contributed by atoms with E-state index in [0.717, 1.165) is 11.1 Å². The molecule has 0 bridgehead atoms. The first-order chi connectivity index (χ1) is 15.4. The van der Waals surface area contributed by atoms with E-state index in [4.69, 9.17) is 11.6 Å².